The van der Waals surface area contributed by atoms with Crippen molar-refractivity contribution >= 4 is 29.5 Å². The Bertz CT molecular complexity index is 1020. The second-order valence-corrected chi connectivity index (χ2v) is 8.78. The monoisotopic (exact) mass is 466 g/mol. The number of esters is 1. The molecule has 0 spiro atoms. The lowest BCUT2D eigenvalue weighted by Gasteiger charge is -2.32. The van der Waals surface area contributed by atoms with E-state index in [2.05, 4.69) is 15.6 Å². The van der Waals surface area contributed by atoms with Crippen molar-refractivity contribution in [3.05, 3.63) is 53.9 Å². The van der Waals surface area contributed by atoms with Gasteiger partial charge < -0.3 is 25.0 Å². The molecule has 9 heteroatoms. The Hall–Kier alpha value is -3.62. The molecule has 4 rings (SSSR count). The molecule has 2 N–H and O–H groups in total. The summed E-state index contributed by atoms with van der Waals surface area (Å²) >= 11 is 0. The Balaban J connectivity index is 1.25. The number of carbonyl (C=O) groups is 3. The topological polar surface area (TPSA) is 110 Å². The fourth-order valence-electron chi connectivity index (χ4n) is 4.51. The minimum absolute atomic E-state index is 0.104. The highest BCUT2D eigenvalue weighted by molar-refractivity contribution is 5.99. The van der Waals surface area contributed by atoms with Gasteiger partial charge in [0.15, 0.2) is 0 Å². The number of hydrogen-bond acceptors (Lipinski definition) is 6. The highest BCUT2D eigenvalue weighted by Gasteiger charge is 2.28. The van der Waals surface area contributed by atoms with Gasteiger partial charge in [0.25, 0.3) is 0 Å². The zero-order chi connectivity index (χ0) is 23.9. The molecule has 0 bridgehead atoms. The number of benzene rings is 1. The molecule has 0 radical (unpaired) electrons. The van der Waals surface area contributed by atoms with Crippen LogP contribution in [-0.2, 0) is 27.2 Å². The Morgan fingerprint density at radius 2 is 1.85 bits per heavy atom. The molecule has 0 saturated heterocycles. The average Bonchev–Trinajstić information content (AvgIpc) is 2.85. The smallest absolute Gasteiger partial charge is 0.410 e. The van der Waals surface area contributed by atoms with Gasteiger partial charge in [-0.3, -0.25) is 9.78 Å². The number of urea groups is 1. The molecular formula is C25H30N4O5. The molecule has 1 saturated carbocycles. The minimum atomic E-state index is -0.338. The number of hydrogen-bond donors (Lipinski definition) is 2. The zero-order valence-electron chi connectivity index (χ0n) is 19.3. The number of fused-ring (bicyclic) bond motifs is 1. The number of nitrogens with zero attached hydrogens (tertiary/aromatic N) is 2. The van der Waals surface area contributed by atoms with E-state index >= 15 is 0 Å². The van der Waals surface area contributed by atoms with E-state index in [1.54, 1.807) is 29.4 Å². The second kappa shape index (κ2) is 11.0. The molecule has 34 heavy (non-hydrogen) atoms. The number of amides is 3. The summed E-state index contributed by atoms with van der Waals surface area (Å²) in [5, 5.41) is 5.58. The van der Waals surface area contributed by atoms with Gasteiger partial charge in [0.05, 0.1) is 19.0 Å². The van der Waals surface area contributed by atoms with E-state index in [1.165, 1.54) is 7.11 Å². The third-order valence-electron chi connectivity index (χ3n) is 6.40. The lowest BCUT2D eigenvalue weighted by atomic mass is 9.85. The molecule has 1 aromatic carbocycles. The Labute approximate surface area is 198 Å². The predicted octanol–water partition coefficient (Wildman–Crippen LogP) is 4.34. The van der Waals surface area contributed by atoms with Gasteiger partial charge in [-0.25, -0.2) is 9.59 Å². The number of pyridine rings is 1. The maximum Gasteiger partial charge on any atom is 0.410 e. The first-order chi connectivity index (χ1) is 16.5. The number of ether oxygens (including phenoxy) is 2. The van der Waals surface area contributed by atoms with Crippen LogP contribution in [-0.4, -0.2) is 47.7 Å². The summed E-state index contributed by atoms with van der Waals surface area (Å²) in [4.78, 5) is 42.1. The number of carbonyl (C=O) groups excluding carboxylic acids is 3. The lowest BCUT2D eigenvalue weighted by Crippen LogP contribution is -2.39. The van der Waals surface area contributed by atoms with E-state index in [9.17, 15) is 14.4 Å². The SMILES string of the molecule is COC(=O)CC1CCC(OC(=O)N2CCc3cc(NC(=O)Nc4cccnc4)ccc3C2)CC1. The largest absolute Gasteiger partial charge is 0.469 e. The molecule has 2 aliphatic rings. The van der Waals surface area contributed by atoms with Crippen LogP contribution in [0.5, 0.6) is 0 Å². The molecule has 2 aromatic rings. The van der Waals surface area contributed by atoms with Crippen molar-refractivity contribution in [3.63, 3.8) is 0 Å². The standard InChI is InChI=1S/C25H30N4O5/c1-33-23(30)13-17-4-8-22(9-5-17)34-25(32)29-12-10-18-14-20(7-6-19(18)16-29)27-24(31)28-21-3-2-11-26-15-21/h2-3,6-7,11,14-15,17,22H,4-5,8-10,12-13,16H2,1H3,(H2,27,28,31). The molecule has 180 valence electrons. The molecular weight excluding hydrogens is 436 g/mol. The first-order valence-electron chi connectivity index (χ1n) is 11.6. The van der Waals surface area contributed by atoms with Crippen LogP contribution < -0.4 is 10.6 Å². The maximum absolute atomic E-state index is 12.7. The van der Waals surface area contributed by atoms with Crippen LogP contribution in [0.2, 0.25) is 0 Å². The van der Waals surface area contributed by atoms with Crippen molar-refractivity contribution in [2.75, 3.05) is 24.3 Å². The molecule has 1 fully saturated rings. The van der Waals surface area contributed by atoms with Gasteiger partial charge in [0.2, 0.25) is 0 Å². The number of anilines is 2. The summed E-state index contributed by atoms with van der Waals surface area (Å²) < 4.78 is 10.5. The molecule has 3 amide bonds. The van der Waals surface area contributed by atoms with Gasteiger partial charge in [0.1, 0.15) is 6.10 Å². The molecule has 9 nitrogen and oxygen atoms in total. The van der Waals surface area contributed by atoms with Crippen molar-refractivity contribution < 1.29 is 23.9 Å². The third kappa shape index (κ3) is 6.24. The van der Waals surface area contributed by atoms with E-state index in [-0.39, 0.29) is 24.2 Å². The highest BCUT2D eigenvalue weighted by Crippen LogP contribution is 2.30. The lowest BCUT2D eigenvalue weighted by molar-refractivity contribution is -0.142. The summed E-state index contributed by atoms with van der Waals surface area (Å²) in [7, 11) is 1.41. The van der Waals surface area contributed by atoms with Crippen LogP contribution in [0.1, 0.15) is 43.2 Å². The fraction of sp³-hybridized carbons (Fsp3) is 0.440. The van der Waals surface area contributed by atoms with E-state index < -0.39 is 0 Å². The van der Waals surface area contributed by atoms with Crippen LogP contribution in [0.4, 0.5) is 21.0 Å². The van der Waals surface area contributed by atoms with E-state index in [0.717, 1.165) is 36.8 Å². The van der Waals surface area contributed by atoms with E-state index in [0.29, 0.717) is 43.2 Å². The molecule has 1 aromatic heterocycles. The maximum atomic E-state index is 12.7. The van der Waals surface area contributed by atoms with E-state index in [4.69, 9.17) is 9.47 Å². The number of rotatable bonds is 5. The molecule has 1 aliphatic heterocycles. The number of nitrogens with one attached hydrogen (secondary N) is 2. The summed E-state index contributed by atoms with van der Waals surface area (Å²) in [5.41, 5.74) is 3.46. The highest BCUT2D eigenvalue weighted by atomic mass is 16.6. The van der Waals surface area contributed by atoms with Crippen molar-refractivity contribution in [3.8, 4) is 0 Å². The van der Waals surface area contributed by atoms with Gasteiger partial charge >= 0.3 is 18.1 Å². The molecule has 0 atom stereocenters. The van der Waals surface area contributed by atoms with Crippen LogP contribution in [0.25, 0.3) is 0 Å². The Kier molecular flexibility index (Phi) is 7.61. The second-order valence-electron chi connectivity index (χ2n) is 8.78. The van der Waals surface area contributed by atoms with Gasteiger partial charge in [-0.2, -0.15) is 0 Å². The quantitative estimate of drug-likeness (QED) is 0.635. The van der Waals surface area contributed by atoms with Crippen LogP contribution in [0.3, 0.4) is 0 Å². The van der Waals surface area contributed by atoms with Crippen molar-refractivity contribution in [1.29, 1.82) is 0 Å². The van der Waals surface area contributed by atoms with Crippen LogP contribution in [0.15, 0.2) is 42.7 Å². The summed E-state index contributed by atoms with van der Waals surface area (Å²) in [6.45, 7) is 1.04. The Morgan fingerprint density at radius 1 is 1.06 bits per heavy atom. The Morgan fingerprint density at radius 3 is 2.59 bits per heavy atom. The number of aromatic nitrogens is 1. The van der Waals surface area contributed by atoms with Gasteiger partial charge in [-0.05, 0) is 73.4 Å². The van der Waals surface area contributed by atoms with Gasteiger partial charge in [-0.15, -0.1) is 0 Å². The number of methoxy groups -OCH3 is 1. The molecule has 0 unspecified atom stereocenters. The summed E-state index contributed by atoms with van der Waals surface area (Å²) in [6.07, 6.45) is 7.21. The average molecular weight is 467 g/mol. The van der Waals surface area contributed by atoms with Crippen LogP contribution in [0, 0.1) is 5.92 Å². The predicted molar refractivity (Wildman–Crippen MR) is 126 cm³/mol. The minimum Gasteiger partial charge on any atom is -0.469 e. The summed E-state index contributed by atoms with van der Waals surface area (Å²) in [6, 6.07) is 8.90. The normalized spacial score (nSPS) is 19.5. The van der Waals surface area contributed by atoms with Crippen molar-refractivity contribution in [1.82, 2.24) is 9.88 Å². The molecule has 2 heterocycles. The van der Waals surface area contributed by atoms with Gasteiger partial charge in [0, 0.05) is 31.4 Å². The fourth-order valence-corrected chi connectivity index (χ4v) is 4.51. The first kappa shape index (κ1) is 23.5. The first-order valence-corrected chi connectivity index (χ1v) is 11.6. The van der Waals surface area contributed by atoms with Crippen LogP contribution >= 0.6 is 0 Å². The zero-order valence-corrected chi connectivity index (χ0v) is 19.3. The van der Waals surface area contributed by atoms with Gasteiger partial charge in [-0.1, -0.05) is 6.07 Å². The molecule has 1 aliphatic carbocycles. The van der Waals surface area contributed by atoms with Crippen molar-refractivity contribution in [2.24, 2.45) is 5.92 Å². The summed E-state index contributed by atoms with van der Waals surface area (Å²) in [5.74, 6) is 0.124. The van der Waals surface area contributed by atoms with Crippen molar-refractivity contribution in [2.45, 2.75) is 51.2 Å². The van der Waals surface area contributed by atoms with E-state index in [1.807, 2.05) is 18.2 Å². The third-order valence-corrected chi connectivity index (χ3v) is 6.40.